The molecule has 0 radical (unpaired) electrons. The zero-order valence-corrected chi connectivity index (χ0v) is 22.8. The van der Waals surface area contributed by atoms with Crippen molar-refractivity contribution in [3.63, 3.8) is 0 Å². The molecule has 0 unspecified atom stereocenters. The van der Waals surface area contributed by atoms with Gasteiger partial charge in [-0.25, -0.2) is 4.98 Å². The summed E-state index contributed by atoms with van der Waals surface area (Å²) < 4.78 is 4.64. The van der Waals surface area contributed by atoms with E-state index >= 15 is 0 Å². The predicted octanol–water partition coefficient (Wildman–Crippen LogP) is 8.68. The number of rotatable bonds is 3. The molecule has 0 amide bonds. The first-order valence-corrected chi connectivity index (χ1v) is 13.8. The molecular formula is C35H29N5. The molecule has 0 N–H and O–H groups in total. The first-order chi connectivity index (χ1) is 19.6. The van der Waals surface area contributed by atoms with Gasteiger partial charge in [0.2, 0.25) is 5.78 Å². The molecule has 0 aliphatic carbocycles. The Kier molecular flexibility index (Phi) is 4.86. The molecule has 5 nitrogen and oxygen atoms in total. The van der Waals surface area contributed by atoms with E-state index in [9.17, 15) is 0 Å². The summed E-state index contributed by atoms with van der Waals surface area (Å²) in [7, 11) is 0. The van der Waals surface area contributed by atoms with Gasteiger partial charge in [0.1, 0.15) is 6.17 Å². The van der Waals surface area contributed by atoms with Gasteiger partial charge >= 0.3 is 0 Å². The zero-order chi connectivity index (χ0) is 27.0. The van der Waals surface area contributed by atoms with Crippen LogP contribution in [0.1, 0.15) is 18.1 Å². The van der Waals surface area contributed by atoms with Crippen molar-refractivity contribution in [2.45, 2.75) is 26.9 Å². The lowest BCUT2D eigenvalue weighted by molar-refractivity contribution is 0.759. The van der Waals surface area contributed by atoms with E-state index in [0.29, 0.717) is 0 Å². The minimum Gasteiger partial charge on any atom is -0.318 e. The Balaban J connectivity index is 1.51. The minimum atomic E-state index is 0.0902. The Labute approximate surface area is 233 Å². The van der Waals surface area contributed by atoms with Crippen molar-refractivity contribution >= 4 is 50.6 Å². The van der Waals surface area contributed by atoms with Crippen molar-refractivity contribution in [3.8, 4) is 5.69 Å². The highest BCUT2D eigenvalue weighted by Gasteiger charge is 2.37. The number of fused-ring (bicyclic) bond motifs is 6. The van der Waals surface area contributed by atoms with Crippen LogP contribution >= 0.6 is 0 Å². The van der Waals surface area contributed by atoms with Crippen LogP contribution in [0, 0.1) is 13.8 Å². The van der Waals surface area contributed by atoms with E-state index in [2.05, 4.69) is 155 Å². The summed E-state index contributed by atoms with van der Waals surface area (Å²) in [4.78, 5) is 10.1. The number of para-hydroxylation sites is 4. The van der Waals surface area contributed by atoms with Crippen molar-refractivity contribution in [3.05, 3.63) is 126 Å². The van der Waals surface area contributed by atoms with E-state index in [-0.39, 0.29) is 6.17 Å². The smallest absolute Gasteiger partial charge is 0.220 e. The molecule has 0 saturated heterocycles. The Bertz CT molecular complexity index is 2050. The highest BCUT2D eigenvalue weighted by atomic mass is 15.4. The maximum atomic E-state index is 5.21. The fourth-order valence-electron chi connectivity index (χ4n) is 6.48. The summed E-state index contributed by atoms with van der Waals surface area (Å²) in [6, 6.07) is 41.1. The Morgan fingerprint density at radius 2 is 1.18 bits per heavy atom. The molecule has 2 aromatic heterocycles. The van der Waals surface area contributed by atoms with Gasteiger partial charge < -0.3 is 9.80 Å². The standard InChI is InChI=1S/C35H29N5/c1-23-13-10-11-19-28(23)38-25(3)37(26-15-6-4-7-16-26)30-21-33-32(22-31(30)38)39(27-17-8-5-9-18-27)35-36-34-24(2)14-12-20-29(34)40(33)35/h4-22,25H,1-3H3/t25-/m0/s1. The van der Waals surface area contributed by atoms with Crippen molar-refractivity contribution in [1.82, 2.24) is 14.0 Å². The molecule has 0 bridgehead atoms. The van der Waals surface area contributed by atoms with E-state index in [0.717, 1.165) is 33.5 Å². The molecule has 5 heteroatoms. The molecular weight excluding hydrogens is 490 g/mol. The molecule has 8 rings (SSSR count). The van der Waals surface area contributed by atoms with Gasteiger partial charge in [-0.05, 0) is 80.4 Å². The molecule has 1 aliphatic rings. The summed E-state index contributed by atoms with van der Waals surface area (Å²) in [5.74, 6) is 0.927. The second-order valence-corrected chi connectivity index (χ2v) is 10.7. The van der Waals surface area contributed by atoms with Crippen LogP contribution in [0.15, 0.2) is 115 Å². The maximum Gasteiger partial charge on any atom is 0.220 e. The Morgan fingerprint density at radius 1 is 0.550 bits per heavy atom. The number of nitrogens with zero attached hydrogens (tertiary/aromatic N) is 5. The lowest BCUT2D eigenvalue weighted by atomic mass is 10.1. The van der Waals surface area contributed by atoms with Crippen LogP contribution in [0.5, 0.6) is 0 Å². The highest BCUT2D eigenvalue weighted by Crippen LogP contribution is 2.50. The van der Waals surface area contributed by atoms with E-state index in [1.807, 2.05) is 0 Å². The molecule has 5 aromatic carbocycles. The number of aryl methyl sites for hydroxylation is 2. The van der Waals surface area contributed by atoms with Crippen LogP contribution in [0.3, 0.4) is 0 Å². The molecule has 1 atom stereocenters. The second kappa shape index (κ2) is 8.48. The third-order valence-electron chi connectivity index (χ3n) is 8.31. The number of hydrogen-bond donors (Lipinski definition) is 0. The maximum absolute atomic E-state index is 5.21. The first-order valence-electron chi connectivity index (χ1n) is 13.8. The van der Waals surface area contributed by atoms with E-state index < -0.39 is 0 Å². The molecule has 40 heavy (non-hydrogen) atoms. The predicted molar refractivity (Wildman–Crippen MR) is 166 cm³/mol. The third-order valence-corrected chi connectivity index (χ3v) is 8.31. The van der Waals surface area contributed by atoms with Gasteiger partial charge in [0, 0.05) is 17.1 Å². The van der Waals surface area contributed by atoms with Crippen molar-refractivity contribution in [2.75, 3.05) is 9.80 Å². The van der Waals surface area contributed by atoms with E-state index in [1.54, 1.807) is 0 Å². The highest BCUT2D eigenvalue weighted by molar-refractivity contribution is 6.01. The molecule has 1 aliphatic heterocycles. The molecule has 7 aromatic rings. The van der Waals surface area contributed by atoms with Gasteiger partial charge in [0.05, 0.1) is 33.4 Å². The van der Waals surface area contributed by atoms with Crippen molar-refractivity contribution in [2.24, 2.45) is 0 Å². The van der Waals surface area contributed by atoms with Crippen LogP contribution in [0.2, 0.25) is 0 Å². The van der Waals surface area contributed by atoms with Crippen molar-refractivity contribution < 1.29 is 0 Å². The Morgan fingerprint density at radius 3 is 1.93 bits per heavy atom. The van der Waals surface area contributed by atoms with E-state index in [1.165, 1.54) is 33.9 Å². The molecule has 0 spiro atoms. The zero-order valence-electron chi connectivity index (χ0n) is 22.8. The summed E-state index contributed by atoms with van der Waals surface area (Å²) in [5.41, 5.74) is 12.8. The molecule has 194 valence electrons. The lowest BCUT2D eigenvalue weighted by Gasteiger charge is -2.31. The first kappa shape index (κ1) is 22.9. The fourth-order valence-corrected chi connectivity index (χ4v) is 6.48. The fraction of sp³-hybridized carbons (Fsp3) is 0.114. The van der Waals surface area contributed by atoms with Crippen LogP contribution in [0.25, 0.3) is 33.5 Å². The molecule has 3 heterocycles. The summed E-state index contributed by atoms with van der Waals surface area (Å²) in [5, 5.41) is 0. The third kappa shape index (κ3) is 3.12. The number of hydrogen-bond acceptors (Lipinski definition) is 3. The summed E-state index contributed by atoms with van der Waals surface area (Å²) in [6.07, 6.45) is 0.0902. The van der Waals surface area contributed by atoms with Crippen LogP contribution in [0.4, 0.5) is 22.7 Å². The normalized spacial score (nSPS) is 15.0. The van der Waals surface area contributed by atoms with Crippen LogP contribution < -0.4 is 9.80 Å². The van der Waals surface area contributed by atoms with Gasteiger partial charge in [-0.1, -0.05) is 66.7 Å². The van der Waals surface area contributed by atoms with Gasteiger partial charge in [-0.15, -0.1) is 0 Å². The summed E-state index contributed by atoms with van der Waals surface area (Å²) >= 11 is 0. The largest absolute Gasteiger partial charge is 0.318 e. The van der Waals surface area contributed by atoms with Gasteiger partial charge in [-0.2, -0.15) is 0 Å². The topological polar surface area (TPSA) is 28.7 Å². The SMILES string of the molecule is Cc1ccccc1N1c2cc3c(cc2N(c2ccccc2)[C@@H]1C)n1c2cccc(C)c2nc1n3-c1ccccc1. The molecule has 0 saturated carbocycles. The summed E-state index contributed by atoms with van der Waals surface area (Å²) in [6.45, 7) is 6.63. The Hall–Kier alpha value is -5.03. The van der Waals surface area contributed by atoms with Crippen molar-refractivity contribution in [1.29, 1.82) is 0 Å². The average molecular weight is 520 g/mol. The molecule has 0 fully saturated rings. The minimum absolute atomic E-state index is 0.0902. The lowest BCUT2D eigenvalue weighted by Crippen LogP contribution is -2.35. The monoisotopic (exact) mass is 519 g/mol. The quantitative estimate of drug-likeness (QED) is 0.234. The van der Waals surface area contributed by atoms with Gasteiger partial charge in [0.15, 0.2) is 0 Å². The van der Waals surface area contributed by atoms with Crippen LogP contribution in [-0.4, -0.2) is 20.1 Å². The number of imidazole rings is 2. The average Bonchev–Trinajstić information content (AvgIpc) is 3.60. The number of anilines is 4. The number of aromatic nitrogens is 3. The van der Waals surface area contributed by atoms with Crippen LogP contribution in [-0.2, 0) is 0 Å². The van der Waals surface area contributed by atoms with Gasteiger partial charge in [-0.3, -0.25) is 8.97 Å². The number of benzene rings is 5. The van der Waals surface area contributed by atoms with Gasteiger partial charge in [0.25, 0.3) is 0 Å². The second-order valence-electron chi connectivity index (χ2n) is 10.7. The van der Waals surface area contributed by atoms with E-state index in [4.69, 9.17) is 4.98 Å².